The summed E-state index contributed by atoms with van der Waals surface area (Å²) in [4.78, 5) is 24.4. The number of aromatic nitrogens is 3. The zero-order chi connectivity index (χ0) is 24.2. The Hall–Kier alpha value is -3.56. The number of likely N-dealkylation sites (tertiary alicyclic amines) is 1. The predicted octanol–water partition coefficient (Wildman–Crippen LogP) is 5.50. The van der Waals surface area contributed by atoms with Gasteiger partial charge < -0.3 is 15.1 Å². The lowest BCUT2D eigenvalue weighted by Crippen LogP contribution is -2.33. The number of thiazole rings is 1. The van der Waals surface area contributed by atoms with Crippen LogP contribution in [0.15, 0.2) is 59.9 Å². The Labute approximate surface area is 209 Å². The van der Waals surface area contributed by atoms with Gasteiger partial charge >= 0.3 is 0 Å². The summed E-state index contributed by atoms with van der Waals surface area (Å²) < 4.78 is 0. The molecule has 0 aliphatic carbocycles. The second-order valence-corrected chi connectivity index (χ2v) is 9.68. The van der Waals surface area contributed by atoms with Crippen LogP contribution in [0, 0.1) is 6.92 Å². The van der Waals surface area contributed by atoms with E-state index in [4.69, 9.17) is 14.8 Å². The summed E-state index contributed by atoms with van der Waals surface area (Å²) in [6.45, 7) is 4.94. The molecule has 0 saturated carbocycles. The van der Waals surface area contributed by atoms with Crippen LogP contribution in [0.25, 0.3) is 10.3 Å². The number of anilines is 4. The van der Waals surface area contributed by atoms with E-state index < -0.39 is 0 Å². The lowest BCUT2D eigenvalue weighted by molar-refractivity contribution is 0.204. The lowest BCUT2D eigenvalue weighted by atomic mass is 10.1. The quantitative estimate of drug-likeness (QED) is 0.345. The third kappa shape index (κ3) is 5.58. The Bertz CT molecular complexity index is 1330. The van der Waals surface area contributed by atoms with Crippen LogP contribution in [0.3, 0.4) is 0 Å². The molecule has 3 aromatic heterocycles. The molecule has 0 amide bonds. The topological polar surface area (TPSA) is 78.8 Å². The van der Waals surface area contributed by atoms with Gasteiger partial charge in [0.1, 0.15) is 29.1 Å². The predicted molar refractivity (Wildman–Crippen MR) is 143 cm³/mol. The zero-order valence-corrected chi connectivity index (χ0v) is 21.0. The highest BCUT2D eigenvalue weighted by Crippen LogP contribution is 2.30. The van der Waals surface area contributed by atoms with Gasteiger partial charge in [0.25, 0.3) is 0 Å². The van der Waals surface area contributed by atoms with Crippen LogP contribution < -0.4 is 10.2 Å². The van der Waals surface area contributed by atoms with Gasteiger partial charge in [-0.05, 0) is 48.9 Å². The summed E-state index contributed by atoms with van der Waals surface area (Å²) in [5.74, 6) is 1.68. The largest absolute Gasteiger partial charge is 0.399 e. The van der Waals surface area contributed by atoms with Crippen LogP contribution in [0.5, 0.6) is 0 Å². The third-order valence-electron chi connectivity index (χ3n) is 6.12. The fourth-order valence-corrected chi connectivity index (χ4v) is 4.99. The average molecular weight is 488 g/mol. The number of hydrogen-bond donors (Lipinski definition) is 1. The van der Waals surface area contributed by atoms with Crippen molar-refractivity contribution in [3.05, 3.63) is 65.9 Å². The van der Waals surface area contributed by atoms with Gasteiger partial charge in [-0.15, -0.1) is 0 Å². The van der Waals surface area contributed by atoms with E-state index in [1.54, 1.807) is 7.11 Å². The monoisotopic (exact) mass is 487 g/mol. The molecule has 1 aliphatic heterocycles. The fourth-order valence-electron chi connectivity index (χ4n) is 4.15. The fraction of sp³-hybridized carbons (Fsp3) is 0.308. The minimum absolute atomic E-state index is 0.783. The number of nitrogens with zero attached hydrogens (tertiary/aromatic N) is 6. The van der Waals surface area contributed by atoms with E-state index in [0.717, 1.165) is 71.0 Å². The summed E-state index contributed by atoms with van der Waals surface area (Å²) in [6, 6.07) is 16.6. The van der Waals surface area contributed by atoms with E-state index in [1.807, 2.05) is 25.4 Å². The Morgan fingerprint density at radius 1 is 1.09 bits per heavy atom. The molecule has 0 atom stereocenters. The van der Waals surface area contributed by atoms with E-state index in [2.05, 4.69) is 68.6 Å². The molecular weight excluding hydrogens is 458 g/mol. The van der Waals surface area contributed by atoms with Crippen molar-refractivity contribution in [2.24, 2.45) is 5.16 Å². The Morgan fingerprint density at radius 3 is 2.66 bits per heavy atom. The minimum atomic E-state index is 0.783. The number of hydrogen-bond acceptors (Lipinski definition) is 9. The number of benzene rings is 1. The zero-order valence-electron chi connectivity index (χ0n) is 20.2. The Balaban J connectivity index is 1.26. The Morgan fingerprint density at radius 2 is 1.89 bits per heavy atom. The minimum Gasteiger partial charge on any atom is -0.399 e. The molecule has 1 aromatic carbocycles. The normalized spacial score (nSPS) is 14.2. The van der Waals surface area contributed by atoms with Crippen LogP contribution >= 0.6 is 11.3 Å². The third-order valence-corrected chi connectivity index (χ3v) is 7.01. The molecule has 5 rings (SSSR count). The average Bonchev–Trinajstić information content (AvgIpc) is 3.27. The number of rotatable bonds is 7. The maximum absolute atomic E-state index is 4.91. The highest BCUT2D eigenvalue weighted by atomic mass is 32.1. The maximum Gasteiger partial charge on any atom is 0.190 e. The summed E-state index contributed by atoms with van der Waals surface area (Å²) in [7, 11) is 3.64. The van der Waals surface area contributed by atoms with Gasteiger partial charge in [0.05, 0.1) is 5.71 Å². The molecule has 1 fully saturated rings. The van der Waals surface area contributed by atoms with Gasteiger partial charge in [0, 0.05) is 51.4 Å². The molecule has 1 saturated heterocycles. The van der Waals surface area contributed by atoms with E-state index in [0.29, 0.717) is 0 Å². The second-order valence-electron chi connectivity index (χ2n) is 8.70. The van der Waals surface area contributed by atoms with Crippen LogP contribution in [0.4, 0.5) is 22.5 Å². The smallest absolute Gasteiger partial charge is 0.190 e. The molecule has 1 N–H and O–H groups in total. The number of pyridine rings is 2. The van der Waals surface area contributed by atoms with Crippen LogP contribution in [0.1, 0.15) is 24.0 Å². The van der Waals surface area contributed by atoms with Gasteiger partial charge in [0.15, 0.2) is 5.13 Å². The highest BCUT2D eigenvalue weighted by Gasteiger charge is 2.16. The van der Waals surface area contributed by atoms with Gasteiger partial charge in [-0.2, -0.15) is 0 Å². The number of oxime groups is 1. The molecule has 0 spiro atoms. The van der Waals surface area contributed by atoms with Crippen molar-refractivity contribution < 1.29 is 4.84 Å². The first-order valence-corrected chi connectivity index (χ1v) is 12.5. The van der Waals surface area contributed by atoms with Crippen LogP contribution in [-0.4, -0.2) is 52.8 Å². The molecule has 1 aliphatic rings. The summed E-state index contributed by atoms with van der Waals surface area (Å²) in [5.41, 5.74) is 5.57. The van der Waals surface area contributed by atoms with E-state index in [-0.39, 0.29) is 0 Å². The van der Waals surface area contributed by atoms with Crippen LogP contribution in [-0.2, 0) is 11.4 Å². The molecule has 180 valence electrons. The van der Waals surface area contributed by atoms with Crippen LogP contribution in [0.2, 0.25) is 0 Å². The highest BCUT2D eigenvalue weighted by molar-refractivity contribution is 7.21. The van der Waals surface area contributed by atoms with Crippen molar-refractivity contribution in [1.82, 2.24) is 19.9 Å². The Kier molecular flexibility index (Phi) is 6.87. The van der Waals surface area contributed by atoms with E-state index in [9.17, 15) is 0 Å². The molecule has 0 radical (unpaired) electrons. The summed E-state index contributed by atoms with van der Waals surface area (Å²) in [5, 5.41) is 8.25. The molecule has 35 heavy (non-hydrogen) atoms. The molecular formula is C26H29N7OS. The number of fused-ring (bicyclic) bond motifs is 1. The SMILES string of the molecule is CON=C1CCN(Cc2ccnc(Nc3nc4ccc(N(C)c5ccc(C)cc5)nc4s3)c2)CC1. The van der Waals surface area contributed by atoms with Gasteiger partial charge in [0.2, 0.25) is 0 Å². The van der Waals surface area contributed by atoms with E-state index >= 15 is 0 Å². The molecule has 0 bridgehead atoms. The van der Waals surface area contributed by atoms with Crippen molar-refractivity contribution >= 4 is 49.9 Å². The van der Waals surface area contributed by atoms with Crippen molar-refractivity contribution in [2.45, 2.75) is 26.3 Å². The first-order chi connectivity index (χ1) is 17.1. The molecule has 4 heterocycles. The van der Waals surface area contributed by atoms with Gasteiger partial charge in [-0.25, -0.2) is 15.0 Å². The van der Waals surface area contributed by atoms with Crippen molar-refractivity contribution in [3.8, 4) is 0 Å². The molecule has 0 unspecified atom stereocenters. The van der Waals surface area contributed by atoms with Crippen molar-refractivity contribution in [1.29, 1.82) is 0 Å². The first kappa shape index (κ1) is 23.2. The van der Waals surface area contributed by atoms with Gasteiger partial charge in [-0.1, -0.05) is 34.2 Å². The van der Waals surface area contributed by atoms with Gasteiger partial charge in [-0.3, -0.25) is 4.90 Å². The van der Waals surface area contributed by atoms with E-state index in [1.165, 1.54) is 22.5 Å². The van der Waals surface area contributed by atoms with Crippen molar-refractivity contribution in [3.63, 3.8) is 0 Å². The number of nitrogens with one attached hydrogen (secondary N) is 1. The molecule has 9 heteroatoms. The number of piperidine rings is 1. The maximum atomic E-state index is 4.91. The molecule has 4 aromatic rings. The summed E-state index contributed by atoms with van der Waals surface area (Å²) >= 11 is 1.53. The standard InChI is InChI=1S/C26H29N7OS/c1-18-4-6-21(7-5-18)32(2)24-9-8-22-25(30-24)35-26(28-22)29-23-16-19(10-13-27-23)17-33-14-11-20(12-15-33)31-34-3/h4-10,13,16H,11-12,14-15,17H2,1-3H3,(H,27,28,29). The summed E-state index contributed by atoms with van der Waals surface area (Å²) in [6.07, 6.45) is 3.74. The second kappa shape index (κ2) is 10.4. The lowest BCUT2D eigenvalue weighted by Gasteiger charge is -2.27. The molecule has 8 nitrogen and oxygen atoms in total. The first-order valence-electron chi connectivity index (χ1n) is 11.7. The number of aryl methyl sites for hydroxylation is 1. The van der Waals surface area contributed by atoms with Crippen molar-refractivity contribution in [2.75, 3.05) is 37.5 Å².